The van der Waals surface area contributed by atoms with Gasteiger partial charge in [0.1, 0.15) is 11.8 Å². The molecule has 0 aromatic heterocycles. The number of aliphatic carboxylic acids is 1. The number of amides is 1. The smallest absolute Gasteiger partial charge is 0.326 e. The number of phenols is 1. The molecular weight excluding hydrogens is 260 g/mol. The Balaban J connectivity index is 1.98. The van der Waals surface area contributed by atoms with Crippen LogP contribution in [0, 0.1) is 0 Å². The van der Waals surface area contributed by atoms with E-state index in [0.29, 0.717) is 0 Å². The fourth-order valence-electron chi connectivity index (χ4n) is 2.25. The van der Waals surface area contributed by atoms with Crippen LogP contribution in [0.25, 0.3) is 0 Å². The molecule has 0 spiro atoms. The molecule has 1 aliphatic heterocycles. The molecule has 1 saturated heterocycles. The number of aromatic hydroxyl groups is 1. The lowest BCUT2D eigenvalue weighted by atomic mass is 10.1. The first kappa shape index (κ1) is 14.3. The normalized spacial score (nSPS) is 19.5. The van der Waals surface area contributed by atoms with Crippen molar-refractivity contribution in [3.63, 3.8) is 0 Å². The van der Waals surface area contributed by atoms with E-state index in [4.69, 9.17) is 0 Å². The molecule has 6 heteroatoms. The van der Waals surface area contributed by atoms with Crippen molar-refractivity contribution < 1.29 is 19.8 Å². The average molecular weight is 278 g/mol. The van der Waals surface area contributed by atoms with Crippen molar-refractivity contribution in [3.05, 3.63) is 29.8 Å². The van der Waals surface area contributed by atoms with Crippen LogP contribution in [0.1, 0.15) is 18.4 Å². The van der Waals surface area contributed by atoms with E-state index in [1.165, 1.54) is 12.1 Å². The Morgan fingerprint density at radius 2 is 2.05 bits per heavy atom. The van der Waals surface area contributed by atoms with E-state index in [1.54, 1.807) is 12.1 Å². The minimum atomic E-state index is -1.07. The summed E-state index contributed by atoms with van der Waals surface area (Å²) in [5, 5.41) is 24.0. The lowest BCUT2D eigenvalue weighted by molar-refractivity contribution is -0.142. The number of carboxylic acids is 1. The molecule has 0 saturated carbocycles. The molecule has 4 N–H and O–H groups in total. The maximum atomic E-state index is 11.9. The summed E-state index contributed by atoms with van der Waals surface area (Å²) in [6, 6.07) is 5.02. The van der Waals surface area contributed by atoms with Gasteiger partial charge in [0.15, 0.2) is 0 Å². The molecule has 108 valence electrons. The molecule has 1 aromatic rings. The van der Waals surface area contributed by atoms with E-state index >= 15 is 0 Å². The number of carboxylic acid groups (broad SMARTS) is 1. The minimum absolute atomic E-state index is 0.125. The first-order chi connectivity index (χ1) is 9.56. The molecule has 1 fully saturated rings. The van der Waals surface area contributed by atoms with Crippen LogP contribution in [0.15, 0.2) is 24.3 Å². The zero-order chi connectivity index (χ0) is 14.5. The second-order valence-corrected chi connectivity index (χ2v) is 4.92. The third kappa shape index (κ3) is 3.71. The van der Waals surface area contributed by atoms with Gasteiger partial charge < -0.3 is 20.8 Å². The molecule has 0 unspecified atom stereocenters. The van der Waals surface area contributed by atoms with Crippen LogP contribution in [0.2, 0.25) is 0 Å². The number of hydrogen-bond donors (Lipinski definition) is 4. The van der Waals surface area contributed by atoms with E-state index in [1.807, 2.05) is 0 Å². The van der Waals surface area contributed by atoms with Crippen molar-refractivity contribution in [1.29, 1.82) is 0 Å². The predicted molar refractivity (Wildman–Crippen MR) is 72.4 cm³/mol. The Hall–Kier alpha value is -2.08. The second-order valence-electron chi connectivity index (χ2n) is 4.92. The Morgan fingerprint density at radius 1 is 1.35 bits per heavy atom. The number of carbonyl (C=O) groups is 2. The quantitative estimate of drug-likeness (QED) is 0.619. The zero-order valence-corrected chi connectivity index (χ0v) is 11.0. The highest BCUT2D eigenvalue weighted by molar-refractivity contribution is 5.87. The van der Waals surface area contributed by atoms with Crippen LogP contribution in [-0.2, 0) is 16.0 Å². The lowest BCUT2D eigenvalue weighted by Gasteiger charge is -2.17. The van der Waals surface area contributed by atoms with Crippen molar-refractivity contribution in [2.75, 3.05) is 6.54 Å². The molecule has 1 aliphatic rings. The Bertz CT molecular complexity index is 480. The summed E-state index contributed by atoms with van der Waals surface area (Å²) >= 11 is 0. The molecule has 20 heavy (non-hydrogen) atoms. The van der Waals surface area contributed by atoms with Gasteiger partial charge in [-0.05, 0) is 37.1 Å². The minimum Gasteiger partial charge on any atom is -0.508 e. The second kappa shape index (κ2) is 6.38. The molecule has 2 rings (SSSR count). The Kier molecular flexibility index (Phi) is 4.57. The fraction of sp³-hybridized carbons (Fsp3) is 0.429. The highest BCUT2D eigenvalue weighted by atomic mass is 16.4. The summed E-state index contributed by atoms with van der Waals surface area (Å²) in [5.41, 5.74) is 0.745. The van der Waals surface area contributed by atoms with E-state index in [-0.39, 0.29) is 24.1 Å². The van der Waals surface area contributed by atoms with Gasteiger partial charge in [-0.2, -0.15) is 0 Å². The molecule has 1 aromatic carbocycles. The number of carbonyl (C=O) groups excluding carboxylic acids is 1. The van der Waals surface area contributed by atoms with Crippen LogP contribution >= 0.6 is 0 Å². The van der Waals surface area contributed by atoms with E-state index < -0.39 is 12.0 Å². The summed E-state index contributed by atoms with van der Waals surface area (Å²) in [4.78, 5) is 23.2. The van der Waals surface area contributed by atoms with Crippen LogP contribution in [0.5, 0.6) is 5.75 Å². The summed E-state index contributed by atoms with van der Waals surface area (Å²) in [6.45, 7) is 0.786. The van der Waals surface area contributed by atoms with Crippen LogP contribution < -0.4 is 10.6 Å². The first-order valence-electron chi connectivity index (χ1n) is 6.61. The average Bonchev–Trinajstić information content (AvgIpc) is 2.94. The number of nitrogens with one attached hydrogen (secondary N) is 2. The number of rotatable bonds is 5. The van der Waals surface area contributed by atoms with Crippen molar-refractivity contribution in [2.24, 2.45) is 0 Å². The summed E-state index contributed by atoms with van der Waals surface area (Å²) in [7, 11) is 0. The number of benzene rings is 1. The molecule has 0 aliphatic carbocycles. The van der Waals surface area contributed by atoms with Gasteiger partial charge >= 0.3 is 5.97 Å². The van der Waals surface area contributed by atoms with Gasteiger partial charge in [0, 0.05) is 6.42 Å². The highest BCUT2D eigenvalue weighted by Gasteiger charge is 2.27. The van der Waals surface area contributed by atoms with Crippen molar-refractivity contribution in [2.45, 2.75) is 31.3 Å². The van der Waals surface area contributed by atoms with Crippen LogP contribution in [0.3, 0.4) is 0 Å². The van der Waals surface area contributed by atoms with Gasteiger partial charge in [0.2, 0.25) is 5.91 Å². The van der Waals surface area contributed by atoms with Gasteiger partial charge in [-0.15, -0.1) is 0 Å². The van der Waals surface area contributed by atoms with Gasteiger partial charge in [-0.25, -0.2) is 4.79 Å². The molecule has 6 nitrogen and oxygen atoms in total. The number of hydrogen-bond acceptors (Lipinski definition) is 4. The van der Waals surface area contributed by atoms with Crippen LogP contribution in [0.4, 0.5) is 0 Å². The highest BCUT2D eigenvalue weighted by Crippen LogP contribution is 2.12. The van der Waals surface area contributed by atoms with Gasteiger partial charge in [0.05, 0.1) is 6.04 Å². The van der Waals surface area contributed by atoms with Crippen molar-refractivity contribution in [1.82, 2.24) is 10.6 Å². The van der Waals surface area contributed by atoms with E-state index in [9.17, 15) is 19.8 Å². The lowest BCUT2D eigenvalue weighted by Crippen LogP contribution is -2.49. The maximum Gasteiger partial charge on any atom is 0.326 e. The third-order valence-corrected chi connectivity index (χ3v) is 3.37. The summed E-state index contributed by atoms with van der Waals surface area (Å²) in [6.07, 6.45) is 1.85. The number of phenolic OH excluding ortho intramolecular Hbond substituents is 1. The van der Waals surface area contributed by atoms with Gasteiger partial charge in [-0.3, -0.25) is 4.79 Å². The zero-order valence-electron chi connectivity index (χ0n) is 11.0. The maximum absolute atomic E-state index is 11.9. The van der Waals surface area contributed by atoms with Crippen molar-refractivity contribution in [3.8, 4) is 5.75 Å². The topological polar surface area (TPSA) is 98.7 Å². The van der Waals surface area contributed by atoms with Crippen molar-refractivity contribution >= 4 is 11.9 Å². The molecule has 0 radical (unpaired) electrons. The molecule has 1 heterocycles. The summed E-state index contributed by atoms with van der Waals surface area (Å²) < 4.78 is 0. The Morgan fingerprint density at radius 3 is 2.60 bits per heavy atom. The third-order valence-electron chi connectivity index (χ3n) is 3.37. The van der Waals surface area contributed by atoms with Gasteiger partial charge in [-0.1, -0.05) is 12.1 Å². The molecule has 0 bridgehead atoms. The standard InChI is InChI=1S/C14H18N2O4/c17-10-5-3-9(4-6-10)8-12(14(19)20)16-13(18)11-2-1-7-15-11/h3-6,11-12,15,17H,1-2,7-8H2,(H,16,18)(H,19,20)/t11-,12+/m0/s1. The summed E-state index contributed by atoms with van der Waals surface area (Å²) in [5.74, 6) is -1.21. The van der Waals surface area contributed by atoms with E-state index in [0.717, 1.165) is 24.9 Å². The Labute approximate surface area is 116 Å². The molecule has 2 atom stereocenters. The molecule has 1 amide bonds. The predicted octanol–water partition coefficient (Wildman–Crippen LogP) is 0.256. The van der Waals surface area contributed by atoms with E-state index in [2.05, 4.69) is 10.6 Å². The molecular formula is C14H18N2O4. The largest absolute Gasteiger partial charge is 0.508 e. The first-order valence-corrected chi connectivity index (χ1v) is 6.61. The SMILES string of the molecule is O=C(N[C@H](Cc1ccc(O)cc1)C(=O)O)[C@@H]1CCCN1. The van der Waals surface area contributed by atoms with Gasteiger partial charge in [0.25, 0.3) is 0 Å². The monoisotopic (exact) mass is 278 g/mol. The van der Waals surface area contributed by atoms with Crippen LogP contribution in [-0.4, -0.2) is 40.7 Å². The fourth-order valence-corrected chi connectivity index (χ4v) is 2.25.